The summed E-state index contributed by atoms with van der Waals surface area (Å²) >= 11 is 0. The first kappa shape index (κ1) is 24.4. The van der Waals surface area contributed by atoms with Gasteiger partial charge in [-0.05, 0) is 42.5 Å². The lowest BCUT2D eigenvalue weighted by atomic mass is 10.0. The predicted molar refractivity (Wildman–Crippen MR) is 123 cm³/mol. The normalized spacial score (nSPS) is 13.7. The second-order valence-corrected chi connectivity index (χ2v) is 8.87. The van der Waals surface area contributed by atoms with E-state index in [2.05, 4.69) is 20.3 Å². The van der Waals surface area contributed by atoms with Gasteiger partial charge >= 0.3 is 6.18 Å². The molecule has 0 saturated heterocycles. The minimum absolute atomic E-state index is 0.0400. The van der Waals surface area contributed by atoms with E-state index < -0.39 is 17.3 Å². The fourth-order valence-electron chi connectivity index (χ4n) is 3.38. The molecule has 0 bridgehead atoms. The van der Waals surface area contributed by atoms with Crippen LogP contribution in [0.5, 0.6) is 5.88 Å². The molecule has 35 heavy (non-hydrogen) atoms. The number of hydrogen-bond donors (Lipinski definition) is 2. The van der Waals surface area contributed by atoms with Crippen molar-refractivity contribution >= 4 is 5.91 Å². The number of rotatable bonds is 8. The van der Waals surface area contributed by atoms with Crippen LogP contribution in [0, 0.1) is 11.8 Å². The third-order valence-electron chi connectivity index (χ3n) is 5.57. The summed E-state index contributed by atoms with van der Waals surface area (Å²) in [6.07, 6.45) is -0.923. The van der Waals surface area contributed by atoms with Crippen LogP contribution >= 0.6 is 0 Å². The van der Waals surface area contributed by atoms with Crippen molar-refractivity contribution in [3.05, 3.63) is 64.1 Å². The number of alkyl halides is 3. The topological polar surface area (TPSA) is 97.0 Å². The van der Waals surface area contributed by atoms with Crippen LogP contribution < -0.4 is 15.6 Å². The van der Waals surface area contributed by atoms with E-state index in [0.29, 0.717) is 29.5 Å². The van der Waals surface area contributed by atoms with Crippen LogP contribution in [0.4, 0.5) is 13.2 Å². The van der Waals surface area contributed by atoms with Crippen molar-refractivity contribution in [2.75, 3.05) is 6.61 Å². The first-order chi connectivity index (χ1) is 16.6. The van der Waals surface area contributed by atoms with Gasteiger partial charge in [-0.3, -0.25) is 9.59 Å². The Morgan fingerprint density at radius 2 is 1.97 bits per heavy atom. The van der Waals surface area contributed by atoms with Gasteiger partial charge in [0, 0.05) is 41.9 Å². The van der Waals surface area contributed by atoms with Gasteiger partial charge < -0.3 is 15.0 Å². The van der Waals surface area contributed by atoms with Crippen molar-refractivity contribution in [3.63, 3.8) is 0 Å². The van der Waals surface area contributed by atoms with Crippen LogP contribution in [-0.2, 0) is 17.5 Å². The first-order valence-corrected chi connectivity index (χ1v) is 11.3. The Morgan fingerprint density at radius 3 is 2.60 bits per heavy atom. The van der Waals surface area contributed by atoms with Gasteiger partial charge in [0.1, 0.15) is 5.82 Å². The van der Waals surface area contributed by atoms with Crippen molar-refractivity contribution < 1.29 is 22.7 Å². The molecule has 1 aliphatic rings. The number of hydrogen-bond acceptors (Lipinski definition) is 5. The summed E-state index contributed by atoms with van der Waals surface area (Å²) in [6.45, 7) is 4.06. The minimum Gasteiger partial charge on any atom is -0.477 e. The second-order valence-electron chi connectivity index (χ2n) is 8.87. The van der Waals surface area contributed by atoms with Crippen molar-refractivity contribution in [2.24, 2.45) is 11.8 Å². The molecule has 1 fully saturated rings. The number of nitrogens with zero attached hydrogens (tertiary/aromatic N) is 2. The highest BCUT2D eigenvalue weighted by atomic mass is 19.4. The number of benzene rings is 1. The molecule has 10 heteroatoms. The quantitative estimate of drug-likeness (QED) is 0.486. The number of H-pyrrole nitrogens is 1. The van der Waals surface area contributed by atoms with Gasteiger partial charge in [-0.2, -0.15) is 13.2 Å². The SMILES string of the molecule is CC(C)C(=O)NCc1ccc(C(F)(F)F)c(-c2nc(-c3ccc(OCC4CC4)nc3)cc(=O)[nH]2)c1. The molecule has 2 N–H and O–H groups in total. The molecule has 1 aliphatic carbocycles. The van der Waals surface area contributed by atoms with E-state index >= 15 is 0 Å². The maximum atomic E-state index is 13.8. The minimum atomic E-state index is -4.67. The number of aromatic amines is 1. The predicted octanol–water partition coefficient (Wildman–Crippen LogP) is 4.58. The molecule has 1 saturated carbocycles. The van der Waals surface area contributed by atoms with Gasteiger partial charge in [0.2, 0.25) is 11.8 Å². The molecule has 2 heterocycles. The highest BCUT2D eigenvalue weighted by molar-refractivity contribution is 5.78. The molecular weight excluding hydrogens is 461 g/mol. The van der Waals surface area contributed by atoms with Crippen LogP contribution in [0.2, 0.25) is 0 Å². The average Bonchev–Trinajstić information content (AvgIpc) is 3.65. The maximum absolute atomic E-state index is 13.8. The maximum Gasteiger partial charge on any atom is 0.417 e. The lowest BCUT2D eigenvalue weighted by Gasteiger charge is -2.15. The average molecular weight is 486 g/mol. The van der Waals surface area contributed by atoms with Crippen LogP contribution in [0.3, 0.4) is 0 Å². The fraction of sp³-hybridized carbons (Fsp3) is 0.360. The van der Waals surface area contributed by atoms with Gasteiger partial charge in [-0.1, -0.05) is 19.9 Å². The number of pyridine rings is 1. The monoisotopic (exact) mass is 486 g/mol. The Morgan fingerprint density at radius 1 is 1.20 bits per heavy atom. The highest BCUT2D eigenvalue weighted by Crippen LogP contribution is 2.37. The Bertz CT molecular complexity index is 1270. The molecule has 4 rings (SSSR count). The van der Waals surface area contributed by atoms with Gasteiger partial charge in [-0.15, -0.1) is 0 Å². The van der Waals surface area contributed by atoms with E-state index in [1.54, 1.807) is 26.0 Å². The molecule has 1 aromatic carbocycles. The number of aromatic nitrogens is 3. The highest BCUT2D eigenvalue weighted by Gasteiger charge is 2.34. The summed E-state index contributed by atoms with van der Waals surface area (Å²) in [5.74, 6) is 0.271. The number of nitrogens with one attached hydrogen (secondary N) is 2. The molecule has 184 valence electrons. The number of amides is 1. The van der Waals surface area contributed by atoms with E-state index in [0.717, 1.165) is 18.9 Å². The standard InChI is InChI=1S/C25H25F3N4O3/c1-14(2)24(34)30-11-16-5-7-19(25(26,27)28)18(9-16)23-31-20(10-21(33)32-23)17-6-8-22(29-12-17)35-13-15-3-4-15/h5-10,12,14-15H,3-4,11,13H2,1-2H3,(H,30,34)(H,31,32,33). The summed E-state index contributed by atoms with van der Waals surface area (Å²) in [5, 5.41) is 2.68. The van der Waals surface area contributed by atoms with E-state index in [-0.39, 0.29) is 35.5 Å². The number of carbonyl (C=O) groups is 1. The lowest BCUT2D eigenvalue weighted by Crippen LogP contribution is -2.27. The second kappa shape index (κ2) is 9.89. The summed E-state index contributed by atoms with van der Waals surface area (Å²) in [7, 11) is 0. The van der Waals surface area contributed by atoms with Gasteiger partial charge in [0.05, 0.1) is 17.9 Å². The number of halogens is 3. The van der Waals surface area contributed by atoms with Crippen molar-refractivity contribution in [3.8, 4) is 28.5 Å². The number of ether oxygens (including phenoxy) is 1. The molecule has 2 aromatic heterocycles. The van der Waals surface area contributed by atoms with Gasteiger partial charge in [0.15, 0.2) is 0 Å². The molecule has 0 aliphatic heterocycles. The van der Waals surface area contributed by atoms with E-state index in [1.807, 2.05) is 0 Å². The largest absolute Gasteiger partial charge is 0.477 e. The lowest BCUT2D eigenvalue weighted by molar-refractivity contribution is -0.137. The summed E-state index contributed by atoms with van der Waals surface area (Å²) < 4.78 is 46.9. The summed E-state index contributed by atoms with van der Waals surface area (Å²) in [6, 6.07) is 7.98. The zero-order valence-corrected chi connectivity index (χ0v) is 19.3. The van der Waals surface area contributed by atoms with Crippen molar-refractivity contribution in [1.82, 2.24) is 20.3 Å². The molecular formula is C25H25F3N4O3. The summed E-state index contributed by atoms with van der Waals surface area (Å²) in [5.41, 5.74) is -0.759. The first-order valence-electron chi connectivity index (χ1n) is 11.3. The summed E-state index contributed by atoms with van der Waals surface area (Å²) in [4.78, 5) is 35.2. The Kier molecular flexibility index (Phi) is 6.90. The molecule has 7 nitrogen and oxygen atoms in total. The van der Waals surface area contributed by atoms with Crippen molar-refractivity contribution in [2.45, 2.75) is 39.4 Å². The molecule has 3 aromatic rings. The van der Waals surface area contributed by atoms with E-state index in [4.69, 9.17) is 4.74 Å². The Hall–Kier alpha value is -3.69. The van der Waals surface area contributed by atoms with Crippen LogP contribution in [0.25, 0.3) is 22.6 Å². The Labute approximate surface area is 199 Å². The van der Waals surface area contributed by atoms with Crippen LogP contribution in [0.15, 0.2) is 47.4 Å². The van der Waals surface area contributed by atoms with Crippen molar-refractivity contribution in [1.29, 1.82) is 0 Å². The van der Waals surface area contributed by atoms with Crippen LogP contribution in [-0.4, -0.2) is 27.5 Å². The molecule has 0 unspecified atom stereocenters. The molecule has 0 radical (unpaired) electrons. The third-order valence-corrected chi connectivity index (χ3v) is 5.57. The van der Waals surface area contributed by atoms with Gasteiger partial charge in [0.25, 0.3) is 5.56 Å². The molecule has 0 spiro atoms. The number of carbonyl (C=O) groups excluding carboxylic acids is 1. The zero-order chi connectivity index (χ0) is 25.2. The van der Waals surface area contributed by atoms with E-state index in [9.17, 15) is 22.8 Å². The molecule has 1 amide bonds. The molecule has 0 atom stereocenters. The fourth-order valence-corrected chi connectivity index (χ4v) is 3.38. The Balaban J connectivity index is 1.67. The smallest absolute Gasteiger partial charge is 0.417 e. The third kappa shape index (κ3) is 6.26. The van der Waals surface area contributed by atoms with Crippen LogP contribution in [0.1, 0.15) is 37.8 Å². The van der Waals surface area contributed by atoms with Gasteiger partial charge in [-0.25, -0.2) is 9.97 Å². The zero-order valence-electron chi connectivity index (χ0n) is 19.3. The van der Waals surface area contributed by atoms with E-state index in [1.165, 1.54) is 24.4 Å².